The lowest BCUT2D eigenvalue weighted by molar-refractivity contribution is -0.132. The van der Waals surface area contributed by atoms with Gasteiger partial charge in [-0.25, -0.2) is 0 Å². The highest BCUT2D eigenvalue weighted by molar-refractivity contribution is 5.79. The van der Waals surface area contributed by atoms with Crippen LogP contribution in [0.3, 0.4) is 0 Å². The molecule has 0 aliphatic carbocycles. The van der Waals surface area contributed by atoms with Crippen LogP contribution in [0.5, 0.6) is 5.75 Å². The molecule has 0 saturated carbocycles. The van der Waals surface area contributed by atoms with Crippen molar-refractivity contribution < 1.29 is 14.1 Å². The van der Waals surface area contributed by atoms with Crippen molar-refractivity contribution in [1.82, 2.24) is 19.9 Å². The van der Waals surface area contributed by atoms with Crippen LogP contribution in [0.1, 0.15) is 24.2 Å². The summed E-state index contributed by atoms with van der Waals surface area (Å²) in [7, 11) is 1.63. The Morgan fingerprint density at radius 1 is 1.28 bits per heavy atom. The first-order chi connectivity index (χ1) is 12.2. The van der Waals surface area contributed by atoms with Crippen molar-refractivity contribution in [3.05, 3.63) is 41.5 Å². The zero-order valence-corrected chi connectivity index (χ0v) is 14.8. The third kappa shape index (κ3) is 4.57. The summed E-state index contributed by atoms with van der Waals surface area (Å²) in [6.07, 6.45) is 1.18. The molecule has 0 radical (unpaired) electrons. The molecule has 0 spiro atoms. The van der Waals surface area contributed by atoms with Crippen molar-refractivity contribution in [3.63, 3.8) is 0 Å². The summed E-state index contributed by atoms with van der Waals surface area (Å²) in [5.41, 5.74) is 0.977. The van der Waals surface area contributed by atoms with E-state index in [2.05, 4.69) is 15.0 Å². The maximum Gasteiger partial charge on any atom is 0.240 e. The molecule has 134 valence electrons. The molecule has 2 heterocycles. The van der Waals surface area contributed by atoms with Crippen LogP contribution in [0, 0.1) is 0 Å². The van der Waals surface area contributed by atoms with Crippen LogP contribution in [-0.2, 0) is 24.2 Å². The number of hydrogen-bond donors (Lipinski definition) is 0. The Kier molecular flexibility index (Phi) is 5.65. The van der Waals surface area contributed by atoms with Gasteiger partial charge in [-0.2, -0.15) is 4.98 Å². The van der Waals surface area contributed by atoms with Crippen molar-refractivity contribution in [3.8, 4) is 5.75 Å². The number of aryl methyl sites for hydroxylation is 1. The highest BCUT2D eigenvalue weighted by Crippen LogP contribution is 2.15. The van der Waals surface area contributed by atoms with Gasteiger partial charge in [0.25, 0.3) is 0 Å². The van der Waals surface area contributed by atoms with Crippen molar-refractivity contribution in [2.75, 3.05) is 33.3 Å². The van der Waals surface area contributed by atoms with E-state index >= 15 is 0 Å². The van der Waals surface area contributed by atoms with E-state index in [0.717, 1.165) is 49.7 Å². The molecule has 7 nitrogen and oxygen atoms in total. The molecule has 1 aromatic heterocycles. The second-order valence-corrected chi connectivity index (χ2v) is 6.14. The number of nitrogens with zero attached hydrogens (tertiary/aromatic N) is 4. The van der Waals surface area contributed by atoms with Crippen LogP contribution >= 0.6 is 0 Å². The molecule has 1 amide bonds. The van der Waals surface area contributed by atoms with Crippen LogP contribution in [0.25, 0.3) is 0 Å². The zero-order chi connectivity index (χ0) is 17.6. The average Bonchev–Trinajstić information content (AvgIpc) is 3.10. The standard InChI is InChI=1S/C18H24N4O3/c1-3-16-19-17(25-20-16)13-21-7-9-22(10-8-21)18(23)12-14-5-4-6-15(11-14)24-2/h4-6,11H,3,7-10,12-13H2,1-2H3. The van der Waals surface area contributed by atoms with Gasteiger partial charge < -0.3 is 14.2 Å². The van der Waals surface area contributed by atoms with E-state index < -0.39 is 0 Å². The van der Waals surface area contributed by atoms with E-state index in [1.165, 1.54) is 0 Å². The van der Waals surface area contributed by atoms with Crippen LogP contribution in [-0.4, -0.2) is 59.1 Å². The third-order valence-corrected chi connectivity index (χ3v) is 4.40. The van der Waals surface area contributed by atoms with Gasteiger partial charge in [0.2, 0.25) is 11.8 Å². The summed E-state index contributed by atoms with van der Waals surface area (Å²) in [6, 6.07) is 7.66. The SMILES string of the molecule is CCc1noc(CN2CCN(C(=O)Cc3cccc(OC)c3)CC2)n1. The second kappa shape index (κ2) is 8.11. The second-order valence-electron chi connectivity index (χ2n) is 6.14. The predicted octanol–water partition coefficient (Wildman–Crippen LogP) is 1.53. The van der Waals surface area contributed by atoms with Crippen LogP contribution in [0.2, 0.25) is 0 Å². The largest absolute Gasteiger partial charge is 0.497 e. The molecular formula is C18H24N4O3. The first-order valence-corrected chi connectivity index (χ1v) is 8.62. The van der Waals surface area contributed by atoms with Crippen molar-refractivity contribution in [2.24, 2.45) is 0 Å². The van der Waals surface area contributed by atoms with E-state index in [1.54, 1.807) is 7.11 Å². The average molecular weight is 344 g/mol. The zero-order valence-electron chi connectivity index (χ0n) is 14.8. The third-order valence-electron chi connectivity index (χ3n) is 4.40. The molecule has 0 atom stereocenters. The summed E-state index contributed by atoms with van der Waals surface area (Å²) in [5, 5.41) is 3.92. The van der Waals surface area contributed by atoms with Gasteiger partial charge in [0.15, 0.2) is 5.82 Å². The lowest BCUT2D eigenvalue weighted by Crippen LogP contribution is -2.48. The number of ether oxygens (including phenoxy) is 1. The molecule has 1 saturated heterocycles. The van der Waals surface area contributed by atoms with E-state index in [1.807, 2.05) is 36.1 Å². The first kappa shape index (κ1) is 17.4. The van der Waals surface area contributed by atoms with Crippen molar-refractivity contribution in [2.45, 2.75) is 26.3 Å². The quantitative estimate of drug-likeness (QED) is 0.791. The van der Waals surface area contributed by atoms with E-state index in [0.29, 0.717) is 18.9 Å². The number of hydrogen-bond acceptors (Lipinski definition) is 6. The molecule has 0 unspecified atom stereocenters. The van der Waals surface area contributed by atoms with E-state index in [-0.39, 0.29) is 5.91 Å². The predicted molar refractivity (Wildman–Crippen MR) is 92.2 cm³/mol. The number of benzene rings is 1. The monoisotopic (exact) mass is 344 g/mol. The lowest BCUT2D eigenvalue weighted by atomic mass is 10.1. The minimum atomic E-state index is 0.152. The number of methoxy groups -OCH3 is 1. The molecule has 7 heteroatoms. The van der Waals surface area contributed by atoms with Gasteiger partial charge in [-0.1, -0.05) is 24.2 Å². The van der Waals surface area contributed by atoms with Gasteiger partial charge in [-0.05, 0) is 17.7 Å². The summed E-state index contributed by atoms with van der Waals surface area (Å²) < 4.78 is 10.4. The number of piperazine rings is 1. The topological polar surface area (TPSA) is 71.7 Å². The molecular weight excluding hydrogens is 320 g/mol. The molecule has 1 fully saturated rings. The van der Waals surface area contributed by atoms with Gasteiger partial charge >= 0.3 is 0 Å². The van der Waals surface area contributed by atoms with Gasteiger partial charge in [0.1, 0.15) is 5.75 Å². The summed E-state index contributed by atoms with van der Waals surface area (Å²) in [5.74, 6) is 2.31. The fourth-order valence-electron chi connectivity index (χ4n) is 2.91. The minimum absolute atomic E-state index is 0.152. The first-order valence-electron chi connectivity index (χ1n) is 8.62. The fraction of sp³-hybridized carbons (Fsp3) is 0.500. The minimum Gasteiger partial charge on any atom is -0.497 e. The molecule has 1 aliphatic heterocycles. The van der Waals surface area contributed by atoms with Crippen LogP contribution in [0.4, 0.5) is 0 Å². The Morgan fingerprint density at radius 3 is 2.76 bits per heavy atom. The number of rotatable bonds is 6. The summed E-state index contributed by atoms with van der Waals surface area (Å²) in [4.78, 5) is 21.0. The molecule has 0 bridgehead atoms. The summed E-state index contributed by atoms with van der Waals surface area (Å²) >= 11 is 0. The number of aromatic nitrogens is 2. The highest BCUT2D eigenvalue weighted by Gasteiger charge is 2.22. The lowest BCUT2D eigenvalue weighted by Gasteiger charge is -2.34. The van der Waals surface area contributed by atoms with Gasteiger partial charge in [-0.3, -0.25) is 9.69 Å². The molecule has 3 rings (SSSR count). The maximum atomic E-state index is 12.5. The normalized spacial score (nSPS) is 15.4. The molecule has 2 aromatic rings. The Balaban J connectivity index is 1.48. The van der Waals surface area contributed by atoms with E-state index in [9.17, 15) is 4.79 Å². The van der Waals surface area contributed by atoms with Gasteiger partial charge in [0, 0.05) is 32.6 Å². The van der Waals surface area contributed by atoms with E-state index in [4.69, 9.17) is 9.26 Å². The molecule has 0 N–H and O–H groups in total. The number of carbonyl (C=O) groups is 1. The van der Waals surface area contributed by atoms with Gasteiger partial charge in [-0.15, -0.1) is 0 Å². The molecule has 1 aliphatic rings. The van der Waals surface area contributed by atoms with Crippen molar-refractivity contribution in [1.29, 1.82) is 0 Å². The Morgan fingerprint density at radius 2 is 2.08 bits per heavy atom. The van der Waals surface area contributed by atoms with Crippen LogP contribution in [0.15, 0.2) is 28.8 Å². The van der Waals surface area contributed by atoms with Crippen LogP contribution < -0.4 is 4.74 Å². The smallest absolute Gasteiger partial charge is 0.240 e. The molecule has 1 aromatic carbocycles. The molecule has 25 heavy (non-hydrogen) atoms. The number of amides is 1. The fourth-order valence-corrected chi connectivity index (χ4v) is 2.91. The maximum absolute atomic E-state index is 12.5. The van der Waals surface area contributed by atoms with Gasteiger partial charge in [0.05, 0.1) is 20.1 Å². The summed E-state index contributed by atoms with van der Waals surface area (Å²) in [6.45, 7) is 5.71. The highest BCUT2D eigenvalue weighted by atomic mass is 16.5. The Labute approximate surface area is 147 Å². The Hall–Kier alpha value is -2.41. The Bertz CT molecular complexity index is 708. The number of carbonyl (C=O) groups excluding carboxylic acids is 1. The van der Waals surface area contributed by atoms with Crippen molar-refractivity contribution >= 4 is 5.91 Å².